The van der Waals surface area contributed by atoms with Crippen LogP contribution in [0.3, 0.4) is 0 Å². The van der Waals surface area contributed by atoms with Gasteiger partial charge in [-0.05, 0) is 61.4 Å². The fourth-order valence-electron chi connectivity index (χ4n) is 5.56. The topological polar surface area (TPSA) is 112 Å². The molecule has 1 amide bonds. The summed E-state index contributed by atoms with van der Waals surface area (Å²) in [6.45, 7) is 7.84. The molecule has 0 saturated carbocycles. The van der Waals surface area contributed by atoms with Crippen molar-refractivity contribution in [2.45, 2.75) is 58.7 Å². The van der Waals surface area contributed by atoms with Crippen LogP contribution in [-0.4, -0.2) is 44.8 Å². The molecule has 0 bridgehead atoms. The van der Waals surface area contributed by atoms with E-state index in [9.17, 15) is 15.2 Å². The first kappa shape index (κ1) is 24.0. The van der Waals surface area contributed by atoms with Crippen LogP contribution in [0.2, 0.25) is 0 Å². The largest absolute Gasteiger partial charge is 0.490 e. The highest BCUT2D eigenvalue weighted by atomic mass is 16.5. The molecule has 186 valence electrons. The number of aromatic nitrogens is 2. The average molecular weight is 487 g/mol. The first-order chi connectivity index (χ1) is 17.3. The number of nitriles is 1. The number of carbonyl (C=O) groups is 1. The third kappa shape index (κ3) is 4.03. The maximum atomic E-state index is 12.9. The maximum Gasteiger partial charge on any atom is 0.258 e. The normalized spacial score (nSPS) is 19.5. The van der Waals surface area contributed by atoms with Crippen molar-refractivity contribution in [2.75, 3.05) is 6.61 Å². The fraction of sp³-hybridized carbons (Fsp3) is 0.429. The van der Waals surface area contributed by atoms with Gasteiger partial charge in [0.2, 0.25) is 11.7 Å². The average Bonchev–Trinajstić information content (AvgIpc) is 3.54. The first-order valence-corrected chi connectivity index (χ1v) is 12.4. The summed E-state index contributed by atoms with van der Waals surface area (Å²) < 4.78 is 11.3. The van der Waals surface area contributed by atoms with Gasteiger partial charge in [0, 0.05) is 17.5 Å². The third-order valence-corrected chi connectivity index (χ3v) is 7.16. The number of hydrogen-bond acceptors (Lipinski definition) is 7. The maximum absolute atomic E-state index is 12.9. The SMILES string of the molecule is CC(C)Oc1ccc(-c2nc(-c3cccc4c3C[C@@H]3CC(=O)N([C@@H](CO)C(C)C)C43)no2)cc1C#N. The molecule has 8 nitrogen and oxygen atoms in total. The summed E-state index contributed by atoms with van der Waals surface area (Å²) in [5.74, 6) is 1.74. The third-order valence-electron chi connectivity index (χ3n) is 7.16. The minimum atomic E-state index is -0.212. The molecular weight excluding hydrogens is 456 g/mol. The highest BCUT2D eigenvalue weighted by Crippen LogP contribution is 2.50. The molecular formula is C28H30N4O4. The second-order valence-corrected chi connectivity index (χ2v) is 10.2. The summed E-state index contributed by atoms with van der Waals surface area (Å²) in [6.07, 6.45) is 1.18. The highest BCUT2D eigenvalue weighted by molar-refractivity contribution is 5.82. The summed E-state index contributed by atoms with van der Waals surface area (Å²) in [5.41, 5.74) is 4.15. The van der Waals surface area contributed by atoms with Gasteiger partial charge in [-0.15, -0.1) is 0 Å². The molecule has 1 aliphatic heterocycles. The molecule has 1 N–H and O–H groups in total. The Morgan fingerprint density at radius 1 is 1.22 bits per heavy atom. The van der Waals surface area contributed by atoms with E-state index >= 15 is 0 Å². The van der Waals surface area contributed by atoms with E-state index in [1.54, 1.807) is 18.2 Å². The molecule has 2 aromatic carbocycles. The molecule has 3 atom stereocenters. The minimum absolute atomic E-state index is 0.0444. The molecule has 0 radical (unpaired) electrons. The van der Waals surface area contributed by atoms with Crippen molar-refractivity contribution >= 4 is 5.91 Å². The number of benzene rings is 2. The molecule has 1 fully saturated rings. The van der Waals surface area contributed by atoms with E-state index in [1.165, 1.54) is 0 Å². The molecule has 36 heavy (non-hydrogen) atoms. The minimum Gasteiger partial charge on any atom is -0.490 e. The lowest BCUT2D eigenvalue weighted by Gasteiger charge is -2.35. The van der Waals surface area contributed by atoms with E-state index in [0.29, 0.717) is 35.0 Å². The number of aliphatic hydroxyl groups is 1. The zero-order chi connectivity index (χ0) is 25.6. The monoisotopic (exact) mass is 486 g/mol. The van der Waals surface area contributed by atoms with Crippen LogP contribution in [-0.2, 0) is 11.2 Å². The first-order valence-electron chi connectivity index (χ1n) is 12.4. The Hall–Kier alpha value is -3.70. The number of amides is 1. The number of nitrogens with zero attached hydrogens (tertiary/aromatic N) is 4. The van der Waals surface area contributed by atoms with Crippen molar-refractivity contribution in [3.8, 4) is 34.7 Å². The van der Waals surface area contributed by atoms with Crippen LogP contribution in [0, 0.1) is 23.2 Å². The van der Waals surface area contributed by atoms with E-state index in [-0.39, 0.29) is 42.5 Å². The molecule has 0 spiro atoms. The van der Waals surface area contributed by atoms with Crippen LogP contribution < -0.4 is 4.74 Å². The van der Waals surface area contributed by atoms with E-state index in [4.69, 9.17) is 9.26 Å². The fourth-order valence-corrected chi connectivity index (χ4v) is 5.56. The smallest absolute Gasteiger partial charge is 0.258 e. The molecule has 1 aromatic heterocycles. The lowest BCUT2D eigenvalue weighted by molar-refractivity contribution is -0.133. The van der Waals surface area contributed by atoms with Crippen molar-refractivity contribution in [3.63, 3.8) is 0 Å². The van der Waals surface area contributed by atoms with Crippen molar-refractivity contribution < 1.29 is 19.2 Å². The zero-order valence-corrected chi connectivity index (χ0v) is 20.9. The van der Waals surface area contributed by atoms with Gasteiger partial charge in [-0.25, -0.2) is 0 Å². The quantitative estimate of drug-likeness (QED) is 0.522. The van der Waals surface area contributed by atoms with Crippen LogP contribution >= 0.6 is 0 Å². The number of ether oxygens (including phenoxy) is 1. The number of fused-ring (bicyclic) bond motifs is 3. The van der Waals surface area contributed by atoms with Gasteiger partial charge in [-0.1, -0.05) is 37.2 Å². The van der Waals surface area contributed by atoms with Gasteiger partial charge in [0.15, 0.2) is 0 Å². The number of hydrogen-bond donors (Lipinski definition) is 1. The molecule has 5 rings (SSSR count). The summed E-state index contributed by atoms with van der Waals surface area (Å²) in [5, 5.41) is 23.8. The van der Waals surface area contributed by atoms with Crippen molar-refractivity contribution in [1.82, 2.24) is 15.0 Å². The lowest BCUT2D eigenvalue weighted by atomic mass is 9.97. The van der Waals surface area contributed by atoms with Crippen molar-refractivity contribution in [2.24, 2.45) is 11.8 Å². The number of likely N-dealkylation sites (tertiary alicyclic amines) is 1. The number of carbonyl (C=O) groups excluding carboxylic acids is 1. The molecule has 2 aliphatic rings. The molecule has 3 aromatic rings. The van der Waals surface area contributed by atoms with Gasteiger partial charge in [-0.2, -0.15) is 10.2 Å². The predicted octanol–water partition coefficient (Wildman–Crippen LogP) is 4.53. The standard InChI is InChI=1S/C28H30N4O4/c1-15(2)23(14-33)32-25(34)12-18-11-22-20(26(18)32)6-5-7-21(22)27-30-28(36-31-27)17-8-9-24(35-16(3)4)19(10-17)13-29/h5-10,15-16,18,23,26,33H,11-12,14H2,1-4H3/t18-,23+,26?/m1/s1. The number of aliphatic hydroxyl groups excluding tert-OH is 1. The molecule has 2 heterocycles. The Balaban J connectivity index is 1.48. The Bertz CT molecular complexity index is 1340. The van der Waals surface area contributed by atoms with Gasteiger partial charge >= 0.3 is 0 Å². The zero-order valence-electron chi connectivity index (χ0n) is 20.9. The van der Waals surface area contributed by atoms with Crippen LogP contribution in [0.1, 0.15) is 56.8 Å². The Morgan fingerprint density at radius 3 is 2.72 bits per heavy atom. The summed E-state index contributed by atoms with van der Waals surface area (Å²) in [6, 6.07) is 13.2. The summed E-state index contributed by atoms with van der Waals surface area (Å²) in [4.78, 5) is 19.4. The second-order valence-electron chi connectivity index (χ2n) is 10.2. The predicted molar refractivity (Wildman–Crippen MR) is 133 cm³/mol. The summed E-state index contributed by atoms with van der Waals surface area (Å²) >= 11 is 0. The van der Waals surface area contributed by atoms with E-state index in [0.717, 1.165) is 23.1 Å². The van der Waals surface area contributed by atoms with Crippen molar-refractivity contribution in [3.05, 3.63) is 53.1 Å². The Kier molecular flexibility index (Phi) is 6.27. The van der Waals surface area contributed by atoms with Gasteiger partial charge in [-0.3, -0.25) is 4.79 Å². The molecule has 1 saturated heterocycles. The van der Waals surface area contributed by atoms with Gasteiger partial charge in [0.05, 0.1) is 30.4 Å². The second kappa shape index (κ2) is 9.40. The van der Waals surface area contributed by atoms with E-state index < -0.39 is 0 Å². The molecule has 1 aliphatic carbocycles. The van der Waals surface area contributed by atoms with Crippen LogP contribution in [0.5, 0.6) is 5.75 Å². The van der Waals surface area contributed by atoms with E-state index in [2.05, 4.69) is 22.3 Å². The number of rotatable bonds is 7. The van der Waals surface area contributed by atoms with Crippen LogP contribution in [0.25, 0.3) is 22.8 Å². The lowest BCUT2D eigenvalue weighted by Crippen LogP contribution is -2.43. The van der Waals surface area contributed by atoms with Gasteiger partial charge in [0.1, 0.15) is 11.8 Å². The van der Waals surface area contributed by atoms with Crippen LogP contribution in [0.15, 0.2) is 40.9 Å². The Labute approximate surface area is 210 Å². The van der Waals surface area contributed by atoms with Gasteiger partial charge < -0.3 is 19.3 Å². The highest BCUT2D eigenvalue weighted by Gasteiger charge is 2.49. The summed E-state index contributed by atoms with van der Waals surface area (Å²) in [7, 11) is 0. The molecule has 1 unspecified atom stereocenters. The van der Waals surface area contributed by atoms with Crippen LogP contribution in [0.4, 0.5) is 0 Å². The molecule has 8 heteroatoms. The van der Waals surface area contributed by atoms with Gasteiger partial charge in [0.25, 0.3) is 5.89 Å². The Morgan fingerprint density at radius 2 is 2.03 bits per heavy atom. The van der Waals surface area contributed by atoms with Crippen molar-refractivity contribution in [1.29, 1.82) is 5.26 Å². The van der Waals surface area contributed by atoms with E-state index in [1.807, 2.05) is 44.7 Å².